The summed E-state index contributed by atoms with van der Waals surface area (Å²) in [6.45, 7) is -0.00943. The molecule has 0 radical (unpaired) electrons. The smallest absolute Gasteiger partial charge is 0.268 e. The highest BCUT2D eigenvalue weighted by molar-refractivity contribution is 7.91. The zero-order valence-corrected chi connectivity index (χ0v) is 30.4. The molecule has 3 atom stereocenters. The van der Waals surface area contributed by atoms with E-state index in [1.165, 1.54) is 9.80 Å². The van der Waals surface area contributed by atoms with Crippen LogP contribution in [0.15, 0.2) is 78.9 Å². The fourth-order valence-corrected chi connectivity index (χ4v) is 7.82. The molecule has 2 aliphatic rings. The Balaban J connectivity index is 0.000000188. The molecule has 2 saturated heterocycles. The Kier molecular flexibility index (Phi) is 11.4. The third-order valence-electron chi connectivity index (χ3n) is 8.89. The number of halogens is 2. The molecule has 2 aliphatic heterocycles. The fraction of sp³-hybridized carbons (Fsp3) is 0.278. The van der Waals surface area contributed by atoms with Gasteiger partial charge in [-0.3, -0.25) is 19.2 Å². The maximum Gasteiger partial charge on any atom is 0.268 e. The molecule has 3 aromatic carbocycles. The number of β-amino-alcohol motifs (C(OH)–C–C–N with tert-alkyl or cyclic N) is 2. The third-order valence-corrected chi connectivity index (χ3v) is 10.9. The number of carbonyl (C=O) groups is 4. The predicted octanol–water partition coefficient (Wildman–Crippen LogP) is 2.49. The molecule has 2 aromatic heterocycles. The standard InChI is InChI=1S/C22H22ClN3O4.C14H14ClN3O4S/c23-15-6-7-16-14(9-15)10-17(24-16)21(29)25-18(8-13-4-2-1-3-5-13)22(30)26-11-19(27)20(28)12-26;15-10-1-2-11-9(5-10)6-12(17-11)14(20)16-7-13(19)18-3-4-23(21,22)8-18/h1-7,9-10,18-20,24,27-28H,8,11-12H2,(H,25,29);1-2,5-6,17H,3-4,7-8H2,(H,16,20)/t18-,19-,20+;/m0./s1. The van der Waals surface area contributed by atoms with Crippen LogP contribution in [0.25, 0.3) is 21.8 Å². The van der Waals surface area contributed by atoms with E-state index in [2.05, 4.69) is 20.6 Å². The molecule has 0 spiro atoms. The van der Waals surface area contributed by atoms with Crippen LogP contribution >= 0.6 is 23.2 Å². The van der Waals surface area contributed by atoms with Crippen LogP contribution in [0.5, 0.6) is 0 Å². The first-order valence-electron chi connectivity index (χ1n) is 16.6. The predicted molar refractivity (Wildman–Crippen MR) is 199 cm³/mol. The largest absolute Gasteiger partial charge is 0.388 e. The van der Waals surface area contributed by atoms with E-state index in [9.17, 15) is 37.8 Å². The number of hydrogen-bond acceptors (Lipinski definition) is 8. The zero-order chi connectivity index (χ0) is 37.9. The minimum Gasteiger partial charge on any atom is -0.388 e. The number of aliphatic hydroxyl groups excluding tert-OH is 2. The summed E-state index contributed by atoms with van der Waals surface area (Å²) in [5.41, 5.74) is 3.04. The molecule has 4 amide bonds. The summed E-state index contributed by atoms with van der Waals surface area (Å²) >= 11 is 11.9. The maximum atomic E-state index is 13.1. The van der Waals surface area contributed by atoms with Gasteiger partial charge in [0, 0.05) is 57.9 Å². The first-order valence-corrected chi connectivity index (χ1v) is 19.1. The number of nitrogens with one attached hydrogen (secondary N) is 4. The Bertz CT molecular complexity index is 2270. The van der Waals surface area contributed by atoms with E-state index in [4.69, 9.17) is 23.2 Å². The molecule has 6 N–H and O–H groups in total. The van der Waals surface area contributed by atoms with E-state index in [1.807, 2.05) is 30.3 Å². The SMILES string of the molecule is O=C(NCC(=O)N1CCS(=O)(=O)C1)c1cc2cc(Cl)ccc2[nH]1.O=C(N[C@@H](Cc1ccccc1)C(=O)N1C[C@@H](O)[C@@H](O)C1)c1cc2cc(Cl)ccc2[nH]1. The van der Waals surface area contributed by atoms with Crippen LogP contribution in [0, 0.1) is 0 Å². The summed E-state index contributed by atoms with van der Waals surface area (Å²) in [4.78, 5) is 58.6. The van der Waals surface area contributed by atoms with Crippen molar-refractivity contribution in [3.63, 3.8) is 0 Å². The summed E-state index contributed by atoms with van der Waals surface area (Å²) in [5, 5.41) is 27.6. The Morgan fingerprint density at radius 3 is 1.91 bits per heavy atom. The van der Waals surface area contributed by atoms with E-state index in [-0.39, 0.29) is 43.7 Å². The molecule has 0 aliphatic carbocycles. The van der Waals surface area contributed by atoms with Crippen molar-refractivity contribution in [1.82, 2.24) is 30.4 Å². The van der Waals surface area contributed by atoms with Crippen LogP contribution in [0.1, 0.15) is 26.5 Å². The number of aromatic amines is 2. The Labute approximate surface area is 314 Å². The van der Waals surface area contributed by atoms with Gasteiger partial charge < -0.3 is 40.6 Å². The molecule has 0 saturated carbocycles. The Morgan fingerprint density at radius 1 is 0.792 bits per heavy atom. The minimum absolute atomic E-state index is 0.0323. The van der Waals surface area contributed by atoms with Crippen molar-refractivity contribution >= 4 is 78.5 Å². The summed E-state index contributed by atoms with van der Waals surface area (Å²) < 4.78 is 22.7. The second-order valence-corrected chi connectivity index (χ2v) is 15.9. The monoisotopic (exact) mass is 782 g/mol. The molecule has 14 nitrogen and oxygen atoms in total. The molecule has 53 heavy (non-hydrogen) atoms. The van der Waals surface area contributed by atoms with Gasteiger partial charge in [-0.15, -0.1) is 0 Å². The van der Waals surface area contributed by atoms with Crippen molar-refractivity contribution in [3.8, 4) is 0 Å². The first kappa shape index (κ1) is 37.8. The number of rotatable bonds is 8. The number of nitrogens with zero attached hydrogens (tertiary/aromatic N) is 2. The van der Waals surface area contributed by atoms with Crippen LogP contribution in [-0.4, -0.2) is 118 Å². The number of carbonyl (C=O) groups excluding carboxylic acids is 4. The number of hydrogen-bond donors (Lipinski definition) is 6. The van der Waals surface area contributed by atoms with Crippen LogP contribution in [0.2, 0.25) is 10.0 Å². The lowest BCUT2D eigenvalue weighted by molar-refractivity contribution is -0.132. The second-order valence-electron chi connectivity index (χ2n) is 12.8. The molecule has 0 bridgehead atoms. The van der Waals surface area contributed by atoms with Crippen LogP contribution < -0.4 is 10.6 Å². The molecule has 17 heteroatoms. The van der Waals surface area contributed by atoms with Gasteiger partial charge in [-0.2, -0.15) is 0 Å². The van der Waals surface area contributed by atoms with E-state index >= 15 is 0 Å². The fourth-order valence-electron chi connectivity index (χ4n) is 6.08. The molecular weight excluding hydrogens is 747 g/mol. The van der Waals surface area contributed by atoms with Crippen molar-refractivity contribution in [3.05, 3.63) is 106 Å². The van der Waals surface area contributed by atoms with E-state index in [0.717, 1.165) is 27.4 Å². The summed E-state index contributed by atoms with van der Waals surface area (Å²) in [6, 6.07) is 22.3. The average Bonchev–Trinajstić information content (AvgIpc) is 3.92. The van der Waals surface area contributed by atoms with Crippen LogP contribution in [0.3, 0.4) is 0 Å². The maximum absolute atomic E-state index is 13.1. The van der Waals surface area contributed by atoms with Gasteiger partial charge in [0.2, 0.25) is 11.8 Å². The van der Waals surface area contributed by atoms with Gasteiger partial charge >= 0.3 is 0 Å². The van der Waals surface area contributed by atoms with Crippen molar-refractivity contribution in [2.24, 2.45) is 0 Å². The first-order chi connectivity index (χ1) is 25.2. The number of fused-ring (bicyclic) bond motifs is 2. The van der Waals surface area contributed by atoms with Crippen molar-refractivity contribution in [2.75, 3.05) is 37.8 Å². The number of amides is 4. The van der Waals surface area contributed by atoms with Crippen molar-refractivity contribution < 1.29 is 37.8 Å². The minimum atomic E-state index is -3.18. The molecule has 5 aromatic rings. The lowest BCUT2D eigenvalue weighted by Gasteiger charge is -2.24. The van der Waals surface area contributed by atoms with Gasteiger partial charge in [0.25, 0.3) is 11.8 Å². The van der Waals surface area contributed by atoms with Gasteiger partial charge in [-0.05, 0) is 54.1 Å². The third kappa shape index (κ3) is 9.36. The van der Waals surface area contributed by atoms with E-state index in [1.54, 1.807) is 48.5 Å². The molecule has 7 rings (SSSR count). The molecule has 4 heterocycles. The van der Waals surface area contributed by atoms with Crippen molar-refractivity contribution in [2.45, 2.75) is 24.7 Å². The number of H-pyrrole nitrogens is 2. The number of sulfone groups is 1. The molecule has 278 valence electrons. The Hall–Kier alpha value is -4.93. The van der Waals surface area contributed by atoms with E-state index < -0.39 is 45.8 Å². The highest BCUT2D eigenvalue weighted by Crippen LogP contribution is 2.22. The number of benzene rings is 3. The lowest BCUT2D eigenvalue weighted by atomic mass is 10.0. The van der Waals surface area contributed by atoms with E-state index in [0.29, 0.717) is 27.9 Å². The quantitative estimate of drug-likeness (QED) is 0.138. The van der Waals surface area contributed by atoms with Crippen LogP contribution in [0.4, 0.5) is 0 Å². The topological polar surface area (TPSA) is 205 Å². The Morgan fingerprint density at radius 2 is 1.36 bits per heavy atom. The lowest BCUT2D eigenvalue weighted by Crippen LogP contribution is -2.49. The molecule has 0 unspecified atom stereocenters. The number of likely N-dealkylation sites (tertiary alicyclic amines) is 1. The highest BCUT2D eigenvalue weighted by Gasteiger charge is 2.36. The summed E-state index contributed by atoms with van der Waals surface area (Å²) in [5.74, 6) is -1.94. The van der Waals surface area contributed by atoms with Gasteiger partial charge in [-0.25, -0.2) is 8.42 Å². The van der Waals surface area contributed by atoms with Gasteiger partial charge in [-0.1, -0.05) is 53.5 Å². The highest BCUT2D eigenvalue weighted by atomic mass is 35.5. The van der Waals surface area contributed by atoms with Crippen LogP contribution in [-0.2, 0) is 25.8 Å². The molecular formula is C36H36Cl2N6O8S. The van der Waals surface area contributed by atoms with Gasteiger partial charge in [0.05, 0.1) is 24.5 Å². The number of aliphatic hydroxyl groups is 2. The number of aromatic nitrogens is 2. The molecule has 2 fully saturated rings. The average molecular weight is 784 g/mol. The normalized spacial score (nSPS) is 18.4. The zero-order valence-electron chi connectivity index (χ0n) is 28.1. The van der Waals surface area contributed by atoms with Gasteiger partial charge in [0.15, 0.2) is 9.84 Å². The summed E-state index contributed by atoms with van der Waals surface area (Å²) in [7, 11) is -3.18. The summed E-state index contributed by atoms with van der Waals surface area (Å²) in [6.07, 6.45) is -1.68. The van der Waals surface area contributed by atoms with Crippen molar-refractivity contribution in [1.29, 1.82) is 0 Å². The van der Waals surface area contributed by atoms with Gasteiger partial charge in [0.1, 0.15) is 23.3 Å². The second kappa shape index (κ2) is 16.0.